The van der Waals surface area contributed by atoms with E-state index in [1.54, 1.807) is 29.3 Å². The van der Waals surface area contributed by atoms with Crippen molar-refractivity contribution in [3.05, 3.63) is 97.0 Å². The minimum Gasteiger partial charge on any atom is -0.323 e. The number of carbonyl (C=O) groups excluding carboxylic acids is 1. The van der Waals surface area contributed by atoms with Crippen molar-refractivity contribution in [3.8, 4) is 16.9 Å². The molecule has 0 atom stereocenters. The number of aromatic nitrogens is 3. The molecular weight excluding hydrogens is 336 g/mol. The lowest BCUT2D eigenvalue weighted by Gasteiger charge is -2.10. The van der Waals surface area contributed by atoms with Crippen LogP contribution in [0.25, 0.3) is 16.9 Å². The van der Waals surface area contributed by atoms with Crippen LogP contribution >= 0.6 is 0 Å². The van der Waals surface area contributed by atoms with Crippen LogP contribution in [0.4, 0.5) is 5.69 Å². The van der Waals surface area contributed by atoms with Crippen molar-refractivity contribution in [2.45, 2.75) is 6.42 Å². The van der Waals surface area contributed by atoms with Crippen LogP contribution in [0.15, 0.2) is 91.4 Å². The largest absolute Gasteiger partial charge is 0.323 e. The first-order valence-corrected chi connectivity index (χ1v) is 8.69. The number of anilines is 1. The Bertz CT molecular complexity index is 1030. The topological polar surface area (TPSA) is 59.8 Å². The molecule has 0 bridgehead atoms. The van der Waals surface area contributed by atoms with Crippen molar-refractivity contribution < 1.29 is 4.79 Å². The molecule has 2 aromatic carbocycles. The summed E-state index contributed by atoms with van der Waals surface area (Å²) in [6, 6.07) is 23.6. The summed E-state index contributed by atoms with van der Waals surface area (Å²) in [7, 11) is 0. The summed E-state index contributed by atoms with van der Waals surface area (Å²) in [6.07, 6.45) is 5.44. The highest BCUT2D eigenvalue weighted by Crippen LogP contribution is 2.20. The molecule has 2 aromatic heterocycles. The Kier molecular flexibility index (Phi) is 4.74. The van der Waals surface area contributed by atoms with Gasteiger partial charge in [-0.15, -0.1) is 0 Å². The van der Waals surface area contributed by atoms with Gasteiger partial charge in [-0.2, -0.15) is 5.10 Å². The van der Waals surface area contributed by atoms with Crippen molar-refractivity contribution in [3.63, 3.8) is 0 Å². The molecule has 2 heterocycles. The van der Waals surface area contributed by atoms with E-state index in [0.29, 0.717) is 17.9 Å². The zero-order valence-electron chi connectivity index (χ0n) is 14.6. The minimum absolute atomic E-state index is 0.0936. The van der Waals surface area contributed by atoms with Gasteiger partial charge in [-0.1, -0.05) is 54.6 Å². The summed E-state index contributed by atoms with van der Waals surface area (Å²) in [6.45, 7) is 0. The van der Waals surface area contributed by atoms with Crippen LogP contribution in [0.2, 0.25) is 0 Å². The van der Waals surface area contributed by atoms with Gasteiger partial charge in [0, 0.05) is 18.6 Å². The fourth-order valence-corrected chi connectivity index (χ4v) is 2.90. The predicted octanol–water partition coefficient (Wildman–Crippen LogP) is 4.12. The Morgan fingerprint density at radius 3 is 2.37 bits per heavy atom. The second-order valence-corrected chi connectivity index (χ2v) is 6.11. The van der Waals surface area contributed by atoms with Gasteiger partial charge in [0.15, 0.2) is 5.82 Å². The first-order chi connectivity index (χ1) is 13.3. The molecule has 0 aliphatic heterocycles. The van der Waals surface area contributed by atoms with Gasteiger partial charge in [-0.05, 0) is 34.9 Å². The molecule has 0 fully saturated rings. The summed E-state index contributed by atoms with van der Waals surface area (Å²) in [4.78, 5) is 16.8. The Morgan fingerprint density at radius 1 is 0.852 bits per heavy atom. The second-order valence-electron chi connectivity index (χ2n) is 6.11. The maximum atomic E-state index is 12.5. The molecule has 0 saturated heterocycles. The highest BCUT2D eigenvalue weighted by atomic mass is 16.1. The Morgan fingerprint density at radius 2 is 1.63 bits per heavy atom. The Labute approximate surface area is 157 Å². The second kappa shape index (κ2) is 7.66. The average molecular weight is 354 g/mol. The van der Waals surface area contributed by atoms with Crippen molar-refractivity contribution in [1.82, 2.24) is 14.8 Å². The van der Waals surface area contributed by atoms with E-state index in [1.807, 2.05) is 54.6 Å². The maximum Gasteiger partial charge on any atom is 0.228 e. The number of hydrogen-bond donors (Lipinski definition) is 1. The summed E-state index contributed by atoms with van der Waals surface area (Å²) >= 11 is 0. The predicted molar refractivity (Wildman–Crippen MR) is 106 cm³/mol. The molecular formula is C22H18N4O. The van der Waals surface area contributed by atoms with E-state index < -0.39 is 0 Å². The number of amides is 1. The standard InChI is InChI=1S/C22H18N4O/c27-21(25-20-8-4-13-23-22(20)26-15-5-14-24-26)16-17-9-11-19(12-10-17)18-6-2-1-3-7-18/h1-15H,16H2,(H,25,27). The average Bonchev–Trinajstić information content (AvgIpc) is 3.24. The Hall–Kier alpha value is -3.73. The monoisotopic (exact) mass is 354 g/mol. The fraction of sp³-hybridized carbons (Fsp3) is 0.0455. The third-order valence-electron chi connectivity index (χ3n) is 4.21. The molecule has 5 heteroatoms. The van der Waals surface area contributed by atoms with Gasteiger partial charge < -0.3 is 5.32 Å². The van der Waals surface area contributed by atoms with Crippen molar-refractivity contribution >= 4 is 11.6 Å². The van der Waals surface area contributed by atoms with Crippen LogP contribution in [0.5, 0.6) is 0 Å². The smallest absolute Gasteiger partial charge is 0.228 e. The van der Waals surface area contributed by atoms with Gasteiger partial charge in [-0.25, -0.2) is 9.67 Å². The number of hydrogen-bond acceptors (Lipinski definition) is 3. The lowest BCUT2D eigenvalue weighted by Crippen LogP contribution is -2.16. The highest BCUT2D eigenvalue weighted by Gasteiger charge is 2.10. The molecule has 0 unspecified atom stereocenters. The third-order valence-corrected chi connectivity index (χ3v) is 4.21. The van der Waals surface area contributed by atoms with Crippen LogP contribution < -0.4 is 5.32 Å². The molecule has 1 N–H and O–H groups in total. The van der Waals surface area contributed by atoms with Crippen LogP contribution in [-0.2, 0) is 11.2 Å². The van der Waals surface area contributed by atoms with E-state index in [4.69, 9.17) is 0 Å². The van der Waals surface area contributed by atoms with E-state index in [1.165, 1.54) is 0 Å². The molecule has 1 amide bonds. The molecule has 5 nitrogen and oxygen atoms in total. The lowest BCUT2D eigenvalue weighted by molar-refractivity contribution is -0.115. The number of nitrogens with zero attached hydrogens (tertiary/aromatic N) is 3. The van der Waals surface area contributed by atoms with Crippen LogP contribution in [0.1, 0.15) is 5.56 Å². The maximum absolute atomic E-state index is 12.5. The number of carbonyl (C=O) groups is 1. The van der Waals surface area contributed by atoms with Gasteiger partial charge in [0.1, 0.15) is 0 Å². The normalized spacial score (nSPS) is 10.5. The number of pyridine rings is 1. The number of benzene rings is 2. The van der Waals surface area contributed by atoms with Crippen molar-refractivity contribution in [2.24, 2.45) is 0 Å². The zero-order valence-corrected chi connectivity index (χ0v) is 14.6. The van der Waals surface area contributed by atoms with Crippen LogP contribution in [0, 0.1) is 0 Å². The van der Waals surface area contributed by atoms with Gasteiger partial charge in [-0.3, -0.25) is 4.79 Å². The van der Waals surface area contributed by atoms with E-state index in [2.05, 4.69) is 27.5 Å². The summed E-state index contributed by atoms with van der Waals surface area (Å²) in [5.74, 6) is 0.499. The van der Waals surface area contributed by atoms with Gasteiger partial charge >= 0.3 is 0 Å². The SMILES string of the molecule is O=C(Cc1ccc(-c2ccccc2)cc1)Nc1cccnc1-n1cccn1. The van der Waals surface area contributed by atoms with E-state index in [0.717, 1.165) is 16.7 Å². The third kappa shape index (κ3) is 3.93. The first-order valence-electron chi connectivity index (χ1n) is 8.69. The van der Waals surface area contributed by atoms with E-state index in [-0.39, 0.29) is 5.91 Å². The van der Waals surface area contributed by atoms with Crippen molar-refractivity contribution in [1.29, 1.82) is 0 Å². The number of rotatable bonds is 5. The molecule has 0 saturated carbocycles. The molecule has 4 rings (SSSR count). The van der Waals surface area contributed by atoms with Gasteiger partial charge in [0.2, 0.25) is 5.91 Å². The van der Waals surface area contributed by atoms with E-state index in [9.17, 15) is 4.79 Å². The molecule has 0 spiro atoms. The molecule has 4 aromatic rings. The summed E-state index contributed by atoms with van der Waals surface area (Å²) in [5, 5.41) is 7.11. The van der Waals surface area contributed by atoms with Gasteiger partial charge in [0.05, 0.1) is 12.1 Å². The highest BCUT2D eigenvalue weighted by molar-refractivity contribution is 5.93. The molecule has 0 radical (unpaired) electrons. The molecule has 0 aliphatic rings. The van der Waals surface area contributed by atoms with Crippen LogP contribution in [0.3, 0.4) is 0 Å². The van der Waals surface area contributed by atoms with Crippen molar-refractivity contribution in [2.75, 3.05) is 5.32 Å². The molecule has 27 heavy (non-hydrogen) atoms. The minimum atomic E-state index is -0.0936. The lowest BCUT2D eigenvalue weighted by atomic mass is 10.0. The molecule has 0 aliphatic carbocycles. The molecule has 132 valence electrons. The quantitative estimate of drug-likeness (QED) is 0.587. The number of nitrogens with one attached hydrogen (secondary N) is 1. The van der Waals surface area contributed by atoms with E-state index >= 15 is 0 Å². The zero-order chi connectivity index (χ0) is 18.5. The summed E-state index contributed by atoms with van der Waals surface area (Å²) in [5.41, 5.74) is 3.88. The first kappa shape index (κ1) is 16.7. The fourth-order valence-electron chi connectivity index (χ4n) is 2.90. The van der Waals surface area contributed by atoms with Gasteiger partial charge in [0.25, 0.3) is 0 Å². The Balaban J connectivity index is 1.46. The van der Waals surface area contributed by atoms with Crippen LogP contribution in [-0.4, -0.2) is 20.7 Å². The summed E-state index contributed by atoms with van der Waals surface area (Å²) < 4.78 is 1.63.